The molecule has 0 bridgehead atoms. The molecular weight excluding hydrogens is 194 g/mol. The molecule has 0 unspecified atom stereocenters. The summed E-state index contributed by atoms with van der Waals surface area (Å²) in [4.78, 5) is 11.2. The van der Waals surface area contributed by atoms with Gasteiger partial charge in [0.15, 0.2) is 0 Å². The second kappa shape index (κ2) is 3.35. The number of carbonyl (C=O) groups is 1. The van der Waals surface area contributed by atoms with Crippen LogP contribution in [-0.2, 0) is 0 Å². The molecule has 2 aromatic rings. The van der Waals surface area contributed by atoms with Crippen molar-refractivity contribution in [1.82, 2.24) is 0 Å². The fraction of sp³-hybridized carbons (Fsp3) is 0. The summed E-state index contributed by atoms with van der Waals surface area (Å²) < 4.78 is 0. The maximum atomic E-state index is 11.2. The molecule has 0 aromatic heterocycles. The maximum Gasteiger partial charge on any atom is 0.216 e. The van der Waals surface area contributed by atoms with E-state index >= 15 is 0 Å². The number of thiol groups is 1. The summed E-state index contributed by atoms with van der Waals surface area (Å²) in [5.74, 6) is 0. The molecule has 0 saturated carbocycles. The Labute approximate surface area is 87.1 Å². The fourth-order valence-corrected chi connectivity index (χ4v) is 1.70. The fourth-order valence-electron chi connectivity index (χ4n) is 1.51. The number of fused-ring (bicyclic) bond motifs is 1. The van der Waals surface area contributed by atoms with E-state index in [9.17, 15) is 4.79 Å². The molecule has 0 aliphatic carbocycles. The van der Waals surface area contributed by atoms with Gasteiger partial charge in [-0.25, -0.2) is 0 Å². The van der Waals surface area contributed by atoms with Crippen LogP contribution in [0.15, 0.2) is 36.4 Å². The minimum atomic E-state index is -0.235. The highest BCUT2D eigenvalue weighted by Crippen LogP contribution is 2.25. The highest BCUT2D eigenvalue weighted by molar-refractivity contribution is 7.97. The molecule has 0 aliphatic heterocycles. The summed E-state index contributed by atoms with van der Waals surface area (Å²) in [7, 11) is 0. The number of nitrogens with two attached hydrogens (primary N) is 1. The van der Waals surface area contributed by atoms with Gasteiger partial charge in [0.1, 0.15) is 0 Å². The van der Waals surface area contributed by atoms with Crippen molar-refractivity contribution in [3.05, 3.63) is 42.0 Å². The number of hydrogen-bond acceptors (Lipinski definition) is 2. The van der Waals surface area contributed by atoms with Gasteiger partial charge < -0.3 is 5.73 Å². The van der Waals surface area contributed by atoms with Gasteiger partial charge in [-0.3, -0.25) is 4.79 Å². The van der Waals surface area contributed by atoms with Gasteiger partial charge in [0.25, 0.3) is 0 Å². The van der Waals surface area contributed by atoms with Gasteiger partial charge >= 0.3 is 0 Å². The summed E-state index contributed by atoms with van der Waals surface area (Å²) in [5, 5.41) is 1.51. The van der Waals surface area contributed by atoms with E-state index in [1.807, 2.05) is 24.3 Å². The van der Waals surface area contributed by atoms with E-state index in [2.05, 4.69) is 12.6 Å². The number of benzene rings is 2. The van der Waals surface area contributed by atoms with Crippen LogP contribution in [0, 0.1) is 0 Å². The summed E-state index contributed by atoms with van der Waals surface area (Å²) in [6.07, 6.45) is 0. The van der Waals surface area contributed by atoms with E-state index in [4.69, 9.17) is 5.73 Å². The Morgan fingerprint density at radius 2 is 1.71 bits per heavy atom. The molecule has 2 N–H and O–H groups in total. The van der Waals surface area contributed by atoms with E-state index in [1.54, 1.807) is 12.1 Å². The topological polar surface area (TPSA) is 43.1 Å². The third-order valence-corrected chi connectivity index (χ3v) is 2.43. The molecule has 2 aromatic carbocycles. The van der Waals surface area contributed by atoms with Crippen LogP contribution in [0.1, 0.15) is 10.4 Å². The van der Waals surface area contributed by atoms with Crippen LogP contribution in [0.2, 0.25) is 0 Å². The molecule has 2 rings (SSSR count). The predicted molar refractivity (Wildman–Crippen MR) is 61.7 cm³/mol. The largest absolute Gasteiger partial charge is 0.398 e. The number of carbonyl (C=O) groups excluding carboxylic acids is 1. The Bertz CT molecular complexity index is 508. The highest BCUT2D eigenvalue weighted by atomic mass is 32.1. The Morgan fingerprint density at radius 3 is 2.36 bits per heavy atom. The van der Waals surface area contributed by atoms with Crippen LogP contribution >= 0.6 is 12.6 Å². The van der Waals surface area contributed by atoms with E-state index in [0.717, 1.165) is 10.8 Å². The molecule has 0 spiro atoms. The molecule has 0 saturated heterocycles. The van der Waals surface area contributed by atoms with Crippen LogP contribution < -0.4 is 5.73 Å². The van der Waals surface area contributed by atoms with Gasteiger partial charge in [0, 0.05) is 16.6 Å². The third kappa shape index (κ3) is 1.36. The Hall–Kier alpha value is -1.48. The van der Waals surface area contributed by atoms with Crippen molar-refractivity contribution in [2.75, 3.05) is 5.73 Å². The lowest BCUT2D eigenvalue weighted by Crippen LogP contribution is -1.94. The van der Waals surface area contributed by atoms with Crippen molar-refractivity contribution in [2.45, 2.75) is 0 Å². The van der Waals surface area contributed by atoms with Gasteiger partial charge in [0.05, 0.1) is 0 Å². The van der Waals surface area contributed by atoms with Gasteiger partial charge in [-0.15, -0.1) is 12.6 Å². The third-order valence-electron chi connectivity index (χ3n) is 2.19. The summed E-state index contributed by atoms with van der Waals surface area (Å²) >= 11 is 3.82. The van der Waals surface area contributed by atoms with Crippen LogP contribution in [0.25, 0.3) is 10.8 Å². The maximum absolute atomic E-state index is 11.2. The molecule has 0 heterocycles. The first-order valence-corrected chi connectivity index (χ1v) is 4.65. The van der Waals surface area contributed by atoms with Crippen LogP contribution in [0.3, 0.4) is 0 Å². The van der Waals surface area contributed by atoms with E-state index in [-0.39, 0.29) is 5.12 Å². The van der Waals surface area contributed by atoms with Gasteiger partial charge in [-0.1, -0.05) is 24.3 Å². The lowest BCUT2D eigenvalue weighted by Gasteiger charge is -2.04. The number of rotatable bonds is 1. The first-order valence-electron chi connectivity index (χ1n) is 4.20. The monoisotopic (exact) mass is 203 g/mol. The number of nitrogen functional groups attached to an aromatic ring is 1. The zero-order valence-electron chi connectivity index (χ0n) is 7.40. The Balaban J connectivity index is 2.88. The molecule has 0 atom stereocenters. The molecule has 0 aliphatic rings. The van der Waals surface area contributed by atoms with Crippen molar-refractivity contribution in [2.24, 2.45) is 0 Å². The van der Waals surface area contributed by atoms with Crippen molar-refractivity contribution in [1.29, 1.82) is 0 Å². The summed E-state index contributed by atoms with van der Waals surface area (Å²) in [6, 6.07) is 11.0. The SMILES string of the molecule is Nc1ccc(C(=O)S)c2ccccc12. The molecular formula is C11H9NOS. The molecule has 14 heavy (non-hydrogen) atoms. The first-order chi connectivity index (χ1) is 6.70. The van der Waals surface area contributed by atoms with Crippen LogP contribution in [0.4, 0.5) is 5.69 Å². The van der Waals surface area contributed by atoms with Crippen molar-refractivity contribution >= 4 is 34.2 Å². The molecule has 2 nitrogen and oxygen atoms in total. The molecule has 0 radical (unpaired) electrons. The van der Waals surface area contributed by atoms with Gasteiger partial charge in [-0.05, 0) is 17.5 Å². The van der Waals surface area contributed by atoms with Crippen LogP contribution in [0.5, 0.6) is 0 Å². The average Bonchev–Trinajstić information content (AvgIpc) is 2.18. The van der Waals surface area contributed by atoms with E-state index < -0.39 is 0 Å². The minimum absolute atomic E-state index is 0.235. The molecule has 70 valence electrons. The Morgan fingerprint density at radius 1 is 1.07 bits per heavy atom. The van der Waals surface area contributed by atoms with Crippen molar-refractivity contribution in [3.8, 4) is 0 Å². The zero-order valence-corrected chi connectivity index (χ0v) is 8.29. The zero-order chi connectivity index (χ0) is 10.1. The second-order valence-electron chi connectivity index (χ2n) is 3.05. The molecule has 0 amide bonds. The first kappa shape index (κ1) is 9.09. The minimum Gasteiger partial charge on any atom is -0.398 e. The summed E-state index contributed by atoms with van der Waals surface area (Å²) in [5.41, 5.74) is 7.06. The number of anilines is 1. The van der Waals surface area contributed by atoms with Crippen molar-refractivity contribution < 1.29 is 4.79 Å². The standard InChI is InChI=1S/C11H9NOS/c12-10-6-5-9(11(13)14)7-3-1-2-4-8(7)10/h1-6H,12H2,(H,13,14). The second-order valence-corrected chi connectivity index (χ2v) is 3.46. The highest BCUT2D eigenvalue weighted by Gasteiger charge is 2.06. The predicted octanol–water partition coefficient (Wildman–Crippen LogP) is 2.49. The number of hydrogen-bond donors (Lipinski definition) is 2. The lowest BCUT2D eigenvalue weighted by atomic mass is 10.0. The van der Waals surface area contributed by atoms with E-state index in [0.29, 0.717) is 11.3 Å². The Kier molecular flexibility index (Phi) is 2.17. The van der Waals surface area contributed by atoms with E-state index in [1.165, 1.54) is 0 Å². The molecule has 3 heteroatoms. The van der Waals surface area contributed by atoms with Gasteiger partial charge in [0.2, 0.25) is 5.12 Å². The molecule has 0 fully saturated rings. The summed E-state index contributed by atoms with van der Waals surface area (Å²) in [6.45, 7) is 0. The average molecular weight is 203 g/mol. The quantitative estimate of drug-likeness (QED) is 0.552. The lowest BCUT2D eigenvalue weighted by molar-refractivity contribution is 0.109. The van der Waals surface area contributed by atoms with Gasteiger partial charge in [-0.2, -0.15) is 0 Å². The normalized spacial score (nSPS) is 10.4. The van der Waals surface area contributed by atoms with Crippen LogP contribution in [-0.4, -0.2) is 5.12 Å². The smallest absolute Gasteiger partial charge is 0.216 e. The van der Waals surface area contributed by atoms with Crippen molar-refractivity contribution in [3.63, 3.8) is 0 Å².